The van der Waals surface area contributed by atoms with Crippen LogP contribution in [0.15, 0.2) is 18.2 Å². The van der Waals surface area contributed by atoms with E-state index in [0.717, 1.165) is 6.54 Å². The summed E-state index contributed by atoms with van der Waals surface area (Å²) in [6.07, 6.45) is 0. The first kappa shape index (κ1) is 14.0. The van der Waals surface area contributed by atoms with E-state index in [1.807, 2.05) is 0 Å². The van der Waals surface area contributed by atoms with Crippen LogP contribution in [-0.4, -0.2) is 19.1 Å². The molecule has 2 nitrogen and oxygen atoms in total. The van der Waals surface area contributed by atoms with Gasteiger partial charge in [0, 0.05) is 31.4 Å². The van der Waals surface area contributed by atoms with Crippen molar-refractivity contribution in [2.24, 2.45) is 0 Å². The first-order chi connectivity index (χ1) is 7.91. The van der Waals surface area contributed by atoms with Crippen LogP contribution in [0.2, 0.25) is 0 Å². The third kappa shape index (κ3) is 4.04. The lowest BCUT2D eigenvalue weighted by molar-refractivity contribution is 0.588. The first-order valence-corrected chi connectivity index (χ1v) is 6.47. The van der Waals surface area contributed by atoms with Crippen LogP contribution >= 0.6 is 0 Å². The van der Waals surface area contributed by atoms with Gasteiger partial charge in [0.15, 0.2) is 0 Å². The van der Waals surface area contributed by atoms with E-state index in [1.165, 1.54) is 16.8 Å². The van der Waals surface area contributed by atoms with Gasteiger partial charge in [-0.25, -0.2) is 0 Å². The number of rotatable bonds is 5. The van der Waals surface area contributed by atoms with Gasteiger partial charge in [0.25, 0.3) is 0 Å². The zero-order valence-electron chi connectivity index (χ0n) is 12.0. The third-order valence-corrected chi connectivity index (χ3v) is 3.13. The molecule has 0 saturated heterocycles. The van der Waals surface area contributed by atoms with Gasteiger partial charge >= 0.3 is 0 Å². The molecule has 0 heterocycles. The van der Waals surface area contributed by atoms with Crippen molar-refractivity contribution < 1.29 is 0 Å². The van der Waals surface area contributed by atoms with Crippen molar-refractivity contribution in [2.75, 3.05) is 11.9 Å². The second-order valence-corrected chi connectivity index (χ2v) is 5.36. The van der Waals surface area contributed by atoms with Gasteiger partial charge in [0.05, 0.1) is 0 Å². The van der Waals surface area contributed by atoms with E-state index in [9.17, 15) is 0 Å². The monoisotopic (exact) mass is 234 g/mol. The topological polar surface area (TPSA) is 15.3 Å². The van der Waals surface area contributed by atoms with Crippen LogP contribution < -0.4 is 10.2 Å². The van der Waals surface area contributed by atoms with Crippen LogP contribution in [0.3, 0.4) is 0 Å². The molecule has 0 fully saturated rings. The summed E-state index contributed by atoms with van der Waals surface area (Å²) in [5, 5.41) is 3.45. The van der Waals surface area contributed by atoms with Gasteiger partial charge in [-0.2, -0.15) is 0 Å². The normalized spacial score (nSPS) is 11.3. The van der Waals surface area contributed by atoms with Crippen LogP contribution in [0.1, 0.15) is 38.8 Å². The number of nitrogens with one attached hydrogen (secondary N) is 1. The predicted molar refractivity (Wildman–Crippen MR) is 76.7 cm³/mol. The van der Waals surface area contributed by atoms with Crippen molar-refractivity contribution in [3.8, 4) is 0 Å². The molecule has 1 N–H and O–H groups in total. The van der Waals surface area contributed by atoms with Gasteiger partial charge in [-0.1, -0.05) is 26.0 Å². The van der Waals surface area contributed by atoms with E-state index >= 15 is 0 Å². The van der Waals surface area contributed by atoms with Crippen molar-refractivity contribution in [3.05, 3.63) is 29.3 Å². The average molecular weight is 234 g/mol. The first-order valence-electron chi connectivity index (χ1n) is 6.47. The number of benzene rings is 1. The minimum Gasteiger partial charge on any atom is -0.372 e. The van der Waals surface area contributed by atoms with Crippen LogP contribution in [0.5, 0.6) is 0 Å². The van der Waals surface area contributed by atoms with Crippen molar-refractivity contribution in [3.63, 3.8) is 0 Å². The SMILES string of the molecule is Cc1cc(CNC(C)C)ccc1N(C)C(C)C. The molecule has 96 valence electrons. The molecular formula is C15H26N2. The summed E-state index contributed by atoms with van der Waals surface area (Å²) in [6.45, 7) is 11.9. The minimum absolute atomic E-state index is 0.535. The average Bonchev–Trinajstić information content (AvgIpc) is 2.25. The summed E-state index contributed by atoms with van der Waals surface area (Å²) in [5.74, 6) is 0. The Labute approximate surface area is 106 Å². The van der Waals surface area contributed by atoms with E-state index < -0.39 is 0 Å². The fourth-order valence-electron chi connectivity index (χ4n) is 1.82. The Morgan fingerprint density at radius 2 is 1.82 bits per heavy atom. The smallest absolute Gasteiger partial charge is 0.0395 e. The lowest BCUT2D eigenvalue weighted by Gasteiger charge is -2.26. The molecule has 2 heteroatoms. The highest BCUT2D eigenvalue weighted by Gasteiger charge is 2.08. The predicted octanol–water partition coefficient (Wildman–Crippen LogP) is 3.34. The van der Waals surface area contributed by atoms with Crippen LogP contribution in [0.4, 0.5) is 5.69 Å². The Morgan fingerprint density at radius 3 is 2.29 bits per heavy atom. The molecule has 0 saturated carbocycles. The minimum atomic E-state index is 0.535. The zero-order valence-corrected chi connectivity index (χ0v) is 12.0. The molecule has 0 aromatic heterocycles. The van der Waals surface area contributed by atoms with Gasteiger partial charge in [0.2, 0.25) is 0 Å². The Balaban J connectivity index is 2.79. The van der Waals surface area contributed by atoms with Gasteiger partial charge in [-0.05, 0) is 38.0 Å². The number of anilines is 1. The molecule has 1 aromatic carbocycles. The molecule has 17 heavy (non-hydrogen) atoms. The fourth-order valence-corrected chi connectivity index (χ4v) is 1.82. The van der Waals surface area contributed by atoms with Gasteiger partial charge < -0.3 is 10.2 Å². The molecule has 1 aromatic rings. The molecule has 0 radical (unpaired) electrons. The fraction of sp³-hybridized carbons (Fsp3) is 0.600. The lowest BCUT2D eigenvalue weighted by Crippen LogP contribution is -2.26. The van der Waals surface area contributed by atoms with Gasteiger partial charge in [-0.15, -0.1) is 0 Å². The second-order valence-electron chi connectivity index (χ2n) is 5.36. The van der Waals surface area contributed by atoms with E-state index in [2.05, 4.69) is 70.1 Å². The molecule has 1 rings (SSSR count). The molecule has 0 spiro atoms. The summed E-state index contributed by atoms with van der Waals surface area (Å²) in [7, 11) is 2.15. The zero-order chi connectivity index (χ0) is 13.0. The number of nitrogens with zero attached hydrogens (tertiary/aromatic N) is 1. The van der Waals surface area contributed by atoms with Crippen molar-refractivity contribution in [2.45, 2.75) is 53.2 Å². The Morgan fingerprint density at radius 1 is 1.18 bits per heavy atom. The van der Waals surface area contributed by atoms with Crippen molar-refractivity contribution >= 4 is 5.69 Å². The van der Waals surface area contributed by atoms with Crippen LogP contribution in [-0.2, 0) is 6.54 Å². The molecule has 0 amide bonds. The maximum atomic E-state index is 3.45. The molecule has 0 aliphatic heterocycles. The quantitative estimate of drug-likeness (QED) is 0.840. The summed E-state index contributed by atoms with van der Waals surface area (Å²) in [5.41, 5.74) is 4.04. The molecular weight excluding hydrogens is 208 g/mol. The van der Waals surface area contributed by atoms with Crippen molar-refractivity contribution in [1.82, 2.24) is 5.32 Å². The van der Waals surface area contributed by atoms with E-state index in [1.54, 1.807) is 0 Å². The highest BCUT2D eigenvalue weighted by atomic mass is 15.1. The highest BCUT2D eigenvalue weighted by molar-refractivity contribution is 5.54. The maximum absolute atomic E-state index is 3.45. The molecule has 0 aliphatic rings. The van der Waals surface area contributed by atoms with Gasteiger partial charge in [-0.3, -0.25) is 0 Å². The molecule has 0 unspecified atom stereocenters. The summed E-state index contributed by atoms with van der Waals surface area (Å²) in [4.78, 5) is 2.31. The Kier molecular flexibility index (Phi) is 5.01. The van der Waals surface area contributed by atoms with Gasteiger partial charge in [0.1, 0.15) is 0 Å². The number of hydrogen-bond donors (Lipinski definition) is 1. The second kappa shape index (κ2) is 6.06. The summed E-state index contributed by atoms with van der Waals surface area (Å²) >= 11 is 0. The highest BCUT2D eigenvalue weighted by Crippen LogP contribution is 2.21. The van der Waals surface area contributed by atoms with Crippen molar-refractivity contribution in [1.29, 1.82) is 0 Å². The Bertz CT molecular complexity index is 356. The van der Waals surface area contributed by atoms with E-state index in [-0.39, 0.29) is 0 Å². The lowest BCUT2D eigenvalue weighted by atomic mass is 10.1. The Hall–Kier alpha value is -1.02. The summed E-state index contributed by atoms with van der Waals surface area (Å²) in [6, 6.07) is 7.80. The van der Waals surface area contributed by atoms with E-state index in [0.29, 0.717) is 12.1 Å². The summed E-state index contributed by atoms with van der Waals surface area (Å²) < 4.78 is 0. The number of aryl methyl sites for hydroxylation is 1. The molecule has 0 aliphatic carbocycles. The maximum Gasteiger partial charge on any atom is 0.0395 e. The van der Waals surface area contributed by atoms with Crippen LogP contribution in [0, 0.1) is 6.92 Å². The largest absolute Gasteiger partial charge is 0.372 e. The number of hydrogen-bond acceptors (Lipinski definition) is 2. The third-order valence-electron chi connectivity index (χ3n) is 3.13. The van der Waals surface area contributed by atoms with E-state index in [4.69, 9.17) is 0 Å². The molecule has 0 atom stereocenters. The molecule has 0 bridgehead atoms. The van der Waals surface area contributed by atoms with Crippen LogP contribution in [0.25, 0.3) is 0 Å². The standard InChI is InChI=1S/C15H26N2/c1-11(2)16-10-14-7-8-15(13(5)9-14)17(6)12(3)4/h7-9,11-12,16H,10H2,1-6H3.